The quantitative estimate of drug-likeness (QED) is 0.887. The Labute approximate surface area is 115 Å². The molecule has 1 heterocycles. The van der Waals surface area contributed by atoms with Crippen molar-refractivity contribution in [3.8, 4) is 0 Å². The summed E-state index contributed by atoms with van der Waals surface area (Å²) in [7, 11) is -1.44. The minimum Gasteiger partial charge on any atom is -0.381 e. The summed E-state index contributed by atoms with van der Waals surface area (Å²) in [5, 5.41) is 3.13. The summed E-state index contributed by atoms with van der Waals surface area (Å²) in [6.07, 6.45) is 0.925. The van der Waals surface area contributed by atoms with E-state index in [1.165, 1.54) is 0 Å². The molecule has 2 rings (SSSR count). The van der Waals surface area contributed by atoms with E-state index in [0.717, 1.165) is 18.6 Å². The highest BCUT2D eigenvalue weighted by molar-refractivity contribution is 7.91. The molecule has 0 amide bonds. The highest BCUT2D eigenvalue weighted by Gasteiger charge is 2.30. The molecule has 1 N–H and O–H groups in total. The lowest BCUT2D eigenvalue weighted by atomic mass is 10.0. The van der Waals surface area contributed by atoms with Crippen molar-refractivity contribution < 1.29 is 13.2 Å². The van der Waals surface area contributed by atoms with Crippen LogP contribution >= 0.6 is 0 Å². The largest absolute Gasteiger partial charge is 0.381 e. The lowest BCUT2D eigenvalue weighted by Gasteiger charge is -2.22. The van der Waals surface area contributed by atoms with E-state index in [4.69, 9.17) is 4.74 Å². The Balaban J connectivity index is 2.18. The van der Waals surface area contributed by atoms with Gasteiger partial charge in [-0.2, -0.15) is 0 Å². The maximum Gasteiger partial charge on any atom is 0.180 e. The molecule has 2 atom stereocenters. The molecule has 0 spiro atoms. The summed E-state index contributed by atoms with van der Waals surface area (Å²) >= 11 is 0. The van der Waals surface area contributed by atoms with E-state index in [2.05, 4.69) is 5.32 Å². The molecule has 1 saturated heterocycles. The fourth-order valence-electron chi connectivity index (χ4n) is 2.56. The first-order valence-corrected chi connectivity index (χ1v) is 8.23. The molecule has 5 heteroatoms. The first kappa shape index (κ1) is 14.5. The molecular weight excluding hydrogens is 262 g/mol. The molecule has 2 unspecified atom stereocenters. The molecule has 1 aromatic rings. The van der Waals surface area contributed by atoms with Crippen LogP contribution in [0, 0.1) is 12.8 Å². The zero-order valence-electron chi connectivity index (χ0n) is 11.4. The molecule has 1 fully saturated rings. The number of hydrogen-bond acceptors (Lipinski definition) is 4. The van der Waals surface area contributed by atoms with Gasteiger partial charge in [-0.15, -0.1) is 0 Å². The lowest BCUT2D eigenvalue weighted by Crippen LogP contribution is -2.40. The van der Waals surface area contributed by atoms with Crippen molar-refractivity contribution in [1.29, 1.82) is 0 Å². The summed E-state index contributed by atoms with van der Waals surface area (Å²) in [6, 6.07) is 7.09. The van der Waals surface area contributed by atoms with Crippen molar-refractivity contribution in [1.82, 2.24) is 5.32 Å². The molecule has 106 valence electrons. The smallest absolute Gasteiger partial charge is 0.180 e. The third-order valence-electron chi connectivity index (χ3n) is 3.73. The Hall–Kier alpha value is -0.910. The molecule has 0 aliphatic carbocycles. The first-order chi connectivity index (χ1) is 9.04. The molecular formula is C14H21NO3S. The van der Waals surface area contributed by atoms with Crippen LogP contribution in [0.4, 0.5) is 0 Å². The molecule has 0 aromatic heterocycles. The number of nitrogens with one attached hydrogen (secondary N) is 1. The van der Waals surface area contributed by atoms with Gasteiger partial charge in [-0.3, -0.25) is 0 Å². The van der Waals surface area contributed by atoms with Gasteiger partial charge in [-0.25, -0.2) is 8.42 Å². The number of rotatable bonds is 5. The molecule has 19 heavy (non-hydrogen) atoms. The Morgan fingerprint density at radius 1 is 1.42 bits per heavy atom. The van der Waals surface area contributed by atoms with Gasteiger partial charge in [0.1, 0.15) is 0 Å². The molecule has 4 nitrogen and oxygen atoms in total. The van der Waals surface area contributed by atoms with Gasteiger partial charge in [0, 0.05) is 18.6 Å². The number of sulfone groups is 1. The van der Waals surface area contributed by atoms with Gasteiger partial charge in [-0.1, -0.05) is 18.2 Å². The van der Waals surface area contributed by atoms with Crippen molar-refractivity contribution in [2.45, 2.75) is 24.3 Å². The predicted molar refractivity (Wildman–Crippen MR) is 75.0 cm³/mol. The normalized spacial score (nSPS) is 21.5. The van der Waals surface area contributed by atoms with Gasteiger partial charge in [-0.05, 0) is 32.0 Å². The van der Waals surface area contributed by atoms with Crippen LogP contribution in [0.5, 0.6) is 0 Å². The summed E-state index contributed by atoms with van der Waals surface area (Å²) in [6.45, 7) is 3.21. The summed E-state index contributed by atoms with van der Waals surface area (Å²) in [5.74, 6) is 0.409. The van der Waals surface area contributed by atoms with Crippen LogP contribution in [-0.4, -0.2) is 40.5 Å². The SMILES string of the molecule is CNC(CS(=O)(=O)c1ccccc1C)C1CCOC1. The van der Waals surface area contributed by atoms with Crippen LogP contribution in [-0.2, 0) is 14.6 Å². The van der Waals surface area contributed by atoms with Gasteiger partial charge < -0.3 is 10.1 Å². The summed E-state index contributed by atoms with van der Waals surface area (Å²) in [4.78, 5) is 0.439. The summed E-state index contributed by atoms with van der Waals surface area (Å²) < 4.78 is 30.3. The Kier molecular flexibility index (Phi) is 4.60. The second-order valence-electron chi connectivity index (χ2n) is 5.07. The average Bonchev–Trinajstić information content (AvgIpc) is 2.90. The van der Waals surface area contributed by atoms with E-state index in [1.54, 1.807) is 12.1 Å². The second kappa shape index (κ2) is 6.03. The van der Waals surface area contributed by atoms with Gasteiger partial charge in [0.25, 0.3) is 0 Å². The zero-order valence-corrected chi connectivity index (χ0v) is 12.2. The van der Waals surface area contributed by atoms with Crippen LogP contribution in [0.3, 0.4) is 0 Å². The fourth-order valence-corrected chi connectivity index (χ4v) is 4.49. The monoisotopic (exact) mass is 283 g/mol. The molecule has 1 aliphatic heterocycles. The maximum atomic E-state index is 12.5. The summed E-state index contributed by atoms with van der Waals surface area (Å²) in [5.41, 5.74) is 0.806. The van der Waals surface area contributed by atoms with Gasteiger partial charge in [0.2, 0.25) is 0 Å². The molecule has 1 aliphatic rings. The first-order valence-electron chi connectivity index (χ1n) is 6.58. The number of aryl methyl sites for hydroxylation is 1. The third kappa shape index (κ3) is 3.35. The number of benzene rings is 1. The maximum absolute atomic E-state index is 12.5. The topological polar surface area (TPSA) is 55.4 Å². The second-order valence-corrected chi connectivity index (χ2v) is 7.07. The van der Waals surface area contributed by atoms with Crippen LogP contribution in [0.1, 0.15) is 12.0 Å². The van der Waals surface area contributed by atoms with E-state index in [0.29, 0.717) is 11.5 Å². The van der Waals surface area contributed by atoms with E-state index < -0.39 is 9.84 Å². The highest BCUT2D eigenvalue weighted by Crippen LogP contribution is 2.22. The predicted octanol–water partition coefficient (Wildman–Crippen LogP) is 1.39. The van der Waals surface area contributed by atoms with E-state index in [1.807, 2.05) is 26.1 Å². The van der Waals surface area contributed by atoms with Crippen molar-refractivity contribution in [2.24, 2.45) is 5.92 Å². The molecule has 0 saturated carbocycles. The van der Waals surface area contributed by atoms with Crippen molar-refractivity contribution >= 4 is 9.84 Å². The average molecular weight is 283 g/mol. The Morgan fingerprint density at radius 3 is 2.74 bits per heavy atom. The standard InChI is InChI=1S/C14H21NO3S/c1-11-5-3-4-6-14(11)19(16,17)10-13(15-2)12-7-8-18-9-12/h3-6,12-13,15H,7-10H2,1-2H3. The van der Waals surface area contributed by atoms with Gasteiger partial charge in [0.15, 0.2) is 9.84 Å². The minimum atomic E-state index is -3.26. The van der Waals surface area contributed by atoms with Crippen molar-refractivity contribution in [2.75, 3.05) is 26.0 Å². The fraction of sp³-hybridized carbons (Fsp3) is 0.571. The Bertz CT molecular complexity index is 521. The van der Waals surface area contributed by atoms with Crippen LogP contribution in [0.15, 0.2) is 29.2 Å². The lowest BCUT2D eigenvalue weighted by molar-refractivity contribution is 0.179. The Morgan fingerprint density at radius 2 is 2.16 bits per heavy atom. The van der Waals surface area contributed by atoms with Crippen LogP contribution < -0.4 is 5.32 Å². The number of ether oxygens (including phenoxy) is 1. The van der Waals surface area contributed by atoms with E-state index in [-0.39, 0.29) is 17.7 Å². The van der Waals surface area contributed by atoms with E-state index >= 15 is 0 Å². The van der Waals surface area contributed by atoms with Crippen LogP contribution in [0.2, 0.25) is 0 Å². The highest BCUT2D eigenvalue weighted by atomic mass is 32.2. The van der Waals surface area contributed by atoms with Gasteiger partial charge >= 0.3 is 0 Å². The zero-order chi connectivity index (χ0) is 13.9. The number of hydrogen-bond donors (Lipinski definition) is 1. The van der Waals surface area contributed by atoms with Crippen molar-refractivity contribution in [3.05, 3.63) is 29.8 Å². The third-order valence-corrected chi connectivity index (χ3v) is 5.66. The minimum absolute atomic E-state index is 0.0490. The van der Waals surface area contributed by atoms with Crippen molar-refractivity contribution in [3.63, 3.8) is 0 Å². The van der Waals surface area contributed by atoms with E-state index in [9.17, 15) is 8.42 Å². The van der Waals surface area contributed by atoms with Gasteiger partial charge in [0.05, 0.1) is 17.3 Å². The molecule has 0 bridgehead atoms. The molecule has 0 radical (unpaired) electrons. The van der Waals surface area contributed by atoms with Crippen LogP contribution in [0.25, 0.3) is 0 Å². The molecule has 1 aromatic carbocycles.